The summed E-state index contributed by atoms with van der Waals surface area (Å²) >= 11 is 0. The zero-order valence-corrected chi connectivity index (χ0v) is 9.91. The zero-order valence-electron chi connectivity index (χ0n) is 9.91. The van der Waals surface area contributed by atoms with Gasteiger partial charge in [0.2, 0.25) is 0 Å². The molecule has 88 valence electrons. The van der Waals surface area contributed by atoms with Gasteiger partial charge in [0.15, 0.2) is 0 Å². The lowest BCUT2D eigenvalue weighted by molar-refractivity contribution is 0.0429. The van der Waals surface area contributed by atoms with Crippen LogP contribution in [0.25, 0.3) is 0 Å². The van der Waals surface area contributed by atoms with E-state index in [1.54, 1.807) is 0 Å². The van der Waals surface area contributed by atoms with Crippen molar-refractivity contribution in [3.05, 3.63) is 0 Å². The Balaban J connectivity index is 2.44. The molecule has 1 amide bonds. The molecule has 0 heterocycles. The molecule has 3 atom stereocenters. The monoisotopic (exact) mass is 215 g/mol. The van der Waals surface area contributed by atoms with E-state index in [2.05, 4.69) is 5.32 Å². The fourth-order valence-corrected chi connectivity index (χ4v) is 1.85. The van der Waals surface area contributed by atoms with E-state index < -0.39 is 17.8 Å². The normalized spacial score (nSPS) is 31.4. The van der Waals surface area contributed by atoms with Crippen LogP contribution in [0.1, 0.15) is 40.5 Å². The maximum Gasteiger partial charge on any atom is 0.407 e. The number of carbonyl (C=O) groups excluding carboxylic acids is 1. The second kappa shape index (κ2) is 4.39. The van der Waals surface area contributed by atoms with Gasteiger partial charge in [-0.2, -0.15) is 0 Å². The number of hydrogen-bond acceptors (Lipinski definition) is 3. The van der Waals surface area contributed by atoms with Crippen molar-refractivity contribution in [1.29, 1.82) is 0 Å². The summed E-state index contributed by atoms with van der Waals surface area (Å²) in [5, 5.41) is 12.4. The molecule has 1 unspecified atom stereocenters. The van der Waals surface area contributed by atoms with Gasteiger partial charge < -0.3 is 15.2 Å². The van der Waals surface area contributed by atoms with Gasteiger partial charge in [0.05, 0.1) is 12.1 Å². The summed E-state index contributed by atoms with van der Waals surface area (Å²) in [6.07, 6.45) is 0.816. The number of nitrogens with one attached hydrogen (secondary N) is 1. The fraction of sp³-hybridized carbons (Fsp3) is 0.909. The first-order valence-corrected chi connectivity index (χ1v) is 5.47. The molecule has 4 nitrogen and oxygen atoms in total. The Kier molecular flexibility index (Phi) is 3.60. The average Bonchev–Trinajstić information content (AvgIpc) is 2.32. The Hall–Kier alpha value is -0.770. The Morgan fingerprint density at radius 1 is 1.40 bits per heavy atom. The van der Waals surface area contributed by atoms with E-state index in [1.165, 1.54) is 0 Å². The zero-order chi connectivity index (χ0) is 11.6. The van der Waals surface area contributed by atoms with Gasteiger partial charge in [-0.25, -0.2) is 4.79 Å². The van der Waals surface area contributed by atoms with Crippen molar-refractivity contribution < 1.29 is 14.6 Å². The summed E-state index contributed by atoms with van der Waals surface area (Å²) in [6, 6.07) is -0.167. The summed E-state index contributed by atoms with van der Waals surface area (Å²) in [6.45, 7) is 7.49. The second-order valence-corrected chi connectivity index (χ2v) is 5.29. The SMILES string of the molecule is CC1CC[C@@H](O)[C@@H]1NC(=O)OC(C)(C)C. The maximum absolute atomic E-state index is 11.5. The molecule has 4 heteroatoms. The first kappa shape index (κ1) is 12.3. The highest BCUT2D eigenvalue weighted by Gasteiger charge is 2.34. The maximum atomic E-state index is 11.5. The molecule has 0 aliphatic heterocycles. The lowest BCUT2D eigenvalue weighted by Crippen LogP contribution is -2.45. The molecule has 0 bridgehead atoms. The lowest BCUT2D eigenvalue weighted by Gasteiger charge is -2.24. The van der Waals surface area contributed by atoms with E-state index >= 15 is 0 Å². The average molecular weight is 215 g/mol. The molecular formula is C11H21NO3. The molecule has 1 rings (SSSR count). The molecule has 0 aromatic heterocycles. The first-order valence-electron chi connectivity index (χ1n) is 5.47. The molecule has 1 saturated carbocycles. The molecule has 0 aromatic rings. The summed E-state index contributed by atoms with van der Waals surface area (Å²) in [4.78, 5) is 11.5. The van der Waals surface area contributed by atoms with Crippen LogP contribution in [0.5, 0.6) is 0 Å². The van der Waals surface area contributed by atoms with Crippen LogP contribution in [0.3, 0.4) is 0 Å². The third-order valence-electron chi connectivity index (χ3n) is 2.63. The van der Waals surface area contributed by atoms with E-state index in [9.17, 15) is 9.90 Å². The Morgan fingerprint density at radius 3 is 2.40 bits per heavy atom. The Bertz CT molecular complexity index is 224. The standard InChI is InChI=1S/C11H21NO3/c1-7-5-6-8(13)9(7)12-10(14)15-11(2,3)4/h7-9,13H,5-6H2,1-4H3,(H,12,14)/t7?,8-,9-/m1/s1. The molecule has 0 aromatic carbocycles. The van der Waals surface area contributed by atoms with Crippen molar-refractivity contribution in [2.75, 3.05) is 0 Å². The number of carbonyl (C=O) groups is 1. The van der Waals surface area contributed by atoms with E-state index in [4.69, 9.17) is 4.74 Å². The first-order chi connectivity index (χ1) is 6.79. The highest BCUT2D eigenvalue weighted by molar-refractivity contribution is 5.68. The molecule has 2 N–H and O–H groups in total. The van der Waals surface area contributed by atoms with Crippen LogP contribution < -0.4 is 5.32 Å². The van der Waals surface area contributed by atoms with Crippen LogP contribution in [-0.2, 0) is 4.74 Å². The van der Waals surface area contributed by atoms with Crippen LogP contribution >= 0.6 is 0 Å². The van der Waals surface area contributed by atoms with Crippen LogP contribution in [0.4, 0.5) is 4.79 Å². The van der Waals surface area contributed by atoms with Crippen molar-refractivity contribution in [3.8, 4) is 0 Å². The van der Waals surface area contributed by atoms with Crippen LogP contribution in [0, 0.1) is 5.92 Å². The molecule has 0 saturated heterocycles. The summed E-state index contributed by atoms with van der Waals surface area (Å²) in [7, 11) is 0. The molecular weight excluding hydrogens is 194 g/mol. The summed E-state index contributed by atoms with van der Waals surface area (Å²) < 4.78 is 5.14. The van der Waals surface area contributed by atoms with E-state index in [0.29, 0.717) is 5.92 Å². The minimum absolute atomic E-state index is 0.167. The topological polar surface area (TPSA) is 58.6 Å². The van der Waals surface area contributed by atoms with Gasteiger partial charge in [-0.1, -0.05) is 6.92 Å². The van der Waals surface area contributed by atoms with E-state index in [1.807, 2.05) is 27.7 Å². The number of rotatable bonds is 1. The number of amides is 1. The smallest absolute Gasteiger partial charge is 0.407 e. The van der Waals surface area contributed by atoms with Gasteiger partial charge in [0, 0.05) is 0 Å². The number of aliphatic hydroxyl groups is 1. The predicted molar refractivity (Wildman–Crippen MR) is 57.6 cm³/mol. The summed E-state index contributed by atoms with van der Waals surface area (Å²) in [5.74, 6) is 0.313. The van der Waals surface area contributed by atoms with Gasteiger partial charge in [-0.3, -0.25) is 0 Å². The number of ether oxygens (including phenoxy) is 1. The van der Waals surface area contributed by atoms with Crippen LogP contribution in [-0.4, -0.2) is 28.9 Å². The number of hydrogen-bond donors (Lipinski definition) is 2. The molecule has 0 radical (unpaired) electrons. The minimum atomic E-state index is -0.489. The van der Waals surface area contributed by atoms with Crippen LogP contribution in [0.15, 0.2) is 0 Å². The molecule has 1 fully saturated rings. The van der Waals surface area contributed by atoms with Crippen molar-refractivity contribution in [3.63, 3.8) is 0 Å². The van der Waals surface area contributed by atoms with Crippen molar-refractivity contribution in [2.45, 2.75) is 58.3 Å². The highest BCUT2D eigenvalue weighted by Crippen LogP contribution is 2.25. The molecule has 0 spiro atoms. The summed E-state index contributed by atoms with van der Waals surface area (Å²) in [5.41, 5.74) is -0.489. The predicted octanol–water partition coefficient (Wildman–Crippen LogP) is 1.67. The van der Waals surface area contributed by atoms with Gasteiger partial charge in [-0.15, -0.1) is 0 Å². The van der Waals surface area contributed by atoms with Gasteiger partial charge in [-0.05, 0) is 39.5 Å². The van der Waals surface area contributed by atoms with Crippen LogP contribution in [0.2, 0.25) is 0 Å². The quantitative estimate of drug-likeness (QED) is 0.699. The number of aliphatic hydroxyl groups excluding tert-OH is 1. The fourth-order valence-electron chi connectivity index (χ4n) is 1.85. The van der Waals surface area contributed by atoms with Crippen molar-refractivity contribution >= 4 is 6.09 Å². The highest BCUT2D eigenvalue weighted by atomic mass is 16.6. The third kappa shape index (κ3) is 3.70. The van der Waals surface area contributed by atoms with Gasteiger partial charge in [0.25, 0.3) is 0 Å². The largest absolute Gasteiger partial charge is 0.444 e. The van der Waals surface area contributed by atoms with E-state index in [-0.39, 0.29) is 6.04 Å². The Labute approximate surface area is 91.0 Å². The van der Waals surface area contributed by atoms with E-state index in [0.717, 1.165) is 12.8 Å². The number of alkyl carbamates (subject to hydrolysis) is 1. The van der Waals surface area contributed by atoms with Crippen molar-refractivity contribution in [1.82, 2.24) is 5.32 Å². The molecule has 1 aliphatic carbocycles. The molecule has 1 aliphatic rings. The second-order valence-electron chi connectivity index (χ2n) is 5.29. The van der Waals surface area contributed by atoms with Gasteiger partial charge in [0.1, 0.15) is 5.60 Å². The lowest BCUT2D eigenvalue weighted by atomic mass is 10.1. The molecule has 15 heavy (non-hydrogen) atoms. The Morgan fingerprint density at radius 2 is 2.00 bits per heavy atom. The van der Waals surface area contributed by atoms with Gasteiger partial charge >= 0.3 is 6.09 Å². The third-order valence-corrected chi connectivity index (χ3v) is 2.63. The van der Waals surface area contributed by atoms with Crippen molar-refractivity contribution in [2.24, 2.45) is 5.92 Å². The minimum Gasteiger partial charge on any atom is -0.444 e.